The molecule has 108 valence electrons. The lowest BCUT2D eigenvalue weighted by molar-refractivity contribution is -0.115. The number of carbonyl (C=O) groups excluding carboxylic acids is 2. The zero-order valence-electron chi connectivity index (χ0n) is 11.7. The third kappa shape index (κ3) is 4.57. The lowest BCUT2D eigenvalue weighted by Crippen LogP contribution is -2.08. The highest BCUT2D eigenvalue weighted by molar-refractivity contribution is 5.89. The van der Waals surface area contributed by atoms with Crippen molar-refractivity contribution in [3.8, 4) is 0 Å². The molecule has 0 aliphatic rings. The second-order valence-corrected chi connectivity index (χ2v) is 4.37. The molecule has 0 fully saturated rings. The first-order chi connectivity index (χ1) is 10.0. The number of hydrogen-bond donors (Lipinski definition) is 3. The Hall–Kier alpha value is -2.96. The van der Waals surface area contributed by atoms with Gasteiger partial charge in [-0.2, -0.15) is 0 Å². The lowest BCUT2D eigenvalue weighted by atomic mass is 10.2. The van der Waals surface area contributed by atoms with Gasteiger partial charge in [0.2, 0.25) is 11.8 Å². The molecule has 7 nitrogen and oxygen atoms in total. The Morgan fingerprint density at radius 1 is 0.857 bits per heavy atom. The fourth-order valence-corrected chi connectivity index (χ4v) is 1.67. The van der Waals surface area contributed by atoms with Crippen LogP contribution in [0.4, 0.5) is 23.0 Å². The molecule has 0 radical (unpaired) electrons. The number of hydrogen-bond acceptors (Lipinski definition) is 5. The second-order valence-electron chi connectivity index (χ2n) is 4.37. The fraction of sp³-hybridized carbons (Fsp3) is 0.143. The van der Waals surface area contributed by atoms with Gasteiger partial charge in [-0.05, 0) is 30.3 Å². The highest BCUT2D eigenvalue weighted by Crippen LogP contribution is 2.19. The number of amides is 2. The van der Waals surface area contributed by atoms with Gasteiger partial charge in [-0.1, -0.05) is 6.07 Å². The van der Waals surface area contributed by atoms with Gasteiger partial charge >= 0.3 is 0 Å². The zero-order chi connectivity index (χ0) is 15.2. The van der Waals surface area contributed by atoms with Crippen LogP contribution in [0.25, 0.3) is 0 Å². The number of nitrogens with one attached hydrogen (secondary N) is 3. The van der Waals surface area contributed by atoms with E-state index < -0.39 is 0 Å². The Labute approximate surface area is 121 Å². The van der Waals surface area contributed by atoms with Crippen LogP contribution in [0.15, 0.2) is 36.4 Å². The third-order valence-electron chi connectivity index (χ3n) is 2.42. The molecule has 0 aliphatic carbocycles. The molecule has 0 spiro atoms. The van der Waals surface area contributed by atoms with Gasteiger partial charge < -0.3 is 16.0 Å². The number of anilines is 4. The number of benzene rings is 1. The molecular weight excluding hydrogens is 270 g/mol. The van der Waals surface area contributed by atoms with Crippen molar-refractivity contribution >= 4 is 34.8 Å². The van der Waals surface area contributed by atoms with Gasteiger partial charge in [-0.25, -0.2) is 0 Å². The van der Waals surface area contributed by atoms with Crippen LogP contribution in [0.1, 0.15) is 13.8 Å². The molecule has 0 saturated heterocycles. The standard InChI is InChI=1S/C14H15N5O2/c1-9(20)15-11-4-3-5-12(8-11)17-14-7-6-13(18-19-14)16-10(2)21/h3-8H,1-2H3,(H,15,20)(H,17,19)(H,16,18,21). The van der Waals surface area contributed by atoms with Crippen molar-refractivity contribution in [2.45, 2.75) is 13.8 Å². The monoisotopic (exact) mass is 285 g/mol. The molecule has 1 aromatic carbocycles. The van der Waals surface area contributed by atoms with Crippen LogP contribution in [-0.2, 0) is 9.59 Å². The summed E-state index contributed by atoms with van der Waals surface area (Å²) in [6.07, 6.45) is 0. The number of nitrogens with zero attached hydrogens (tertiary/aromatic N) is 2. The SMILES string of the molecule is CC(=O)Nc1cccc(Nc2ccc(NC(C)=O)nn2)c1. The maximum Gasteiger partial charge on any atom is 0.222 e. The molecular formula is C14H15N5O2. The minimum Gasteiger partial charge on any atom is -0.339 e. The van der Waals surface area contributed by atoms with E-state index in [1.54, 1.807) is 24.3 Å². The van der Waals surface area contributed by atoms with E-state index in [-0.39, 0.29) is 11.8 Å². The molecule has 0 bridgehead atoms. The van der Waals surface area contributed by atoms with Crippen molar-refractivity contribution < 1.29 is 9.59 Å². The normalized spacial score (nSPS) is 9.81. The van der Waals surface area contributed by atoms with E-state index in [1.165, 1.54) is 13.8 Å². The van der Waals surface area contributed by atoms with E-state index in [1.807, 2.05) is 12.1 Å². The number of aromatic nitrogens is 2. The summed E-state index contributed by atoms with van der Waals surface area (Å²) in [5.74, 6) is 0.587. The van der Waals surface area contributed by atoms with Crippen LogP contribution in [0.2, 0.25) is 0 Å². The predicted molar refractivity (Wildman–Crippen MR) is 80.4 cm³/mol. The van der Waals surface area contributed by atoms with Gasteiger partial charge in [0.05, 0.1) is 0 Å². The van der Waals surface area contributed by atoms with Gasteiger partial charge in [0.25, 0.3) is 0 Å². The van der Waals surface area contributed by atoms with Crippen molar-refractivity contribution in [2.24, 2.45) is 0 Å². The summed E-state index contributed by atoms with van der Waals surface area (Å²) in [5, 5.41) is 16.1. The smallest absolute Gasteiger partial charge is 0.222 e. The Kier molecular flexibility index (Phi) is 4.45. The first-order valence-electron chi connectivity index (χ1n) is 6.29. The molecule has 3 N–H and O–H groups in total. The number of rotatable bonds is 4. The Morgan fingerprint density at radius 3 is 2.10 bits per heavy atom. The molecule has 21 heavy (non-hydrogen) atoms. The van der Waals surface area contributed by atoms with Crippen molar-refractivity contribution in [3.05, 3.63) is 36.4 Å². The van der Waals surface area contributed by atoms with E-state index in [2.05, 4.69) is 26.1 Å². The van der Waals surface area contributed by atoms with E-state index in [4.69, 9.17) is 0 Å². The Morgan fingerprint density at radius 2 is 1.48 bits per heavy atom. The Bertz CT molecular complexity index is 655. The topological polar surface area (TPSA) is 96.0 Å². The molecule has 0 atom stereocenters. The van der Waals surface area contributed by atoms with E-state index >= 15 is 0 Å². The van der Waals surface area contributed by atoms with Crippen LogP contribution >= 0.6 is 0 Å². The quantitative estimate of drug-likeness (QED) is 0.799. The molecule has 2 amide bonds. The van der Waals surface area contributed by atoms with Gasteiger partial charge in [0, 0.05) is 25.2 Å². The van der Waals surface area contributed by atoms with Gasteiger partial charge in [0.1, 0.15) is 0 Å². The molecule has 1 heterocycles. The average molecular weight is 285 g/mol. The summed E-state index contributed by atoms with van der Waals surface area (Å²) in [6, 6.07) is 10.6. The highest BCUT2D eigenvalue weighted by Gasteiger charge is 2.01. The van der Waals surface area contributed by atoms with Crippen LogP contribution < -0.4 is 16.0 Å². The van der Waals surface area contributed by atoms with E-state index in [0.717, 1.165) is 5.69 Å². The highest BCUT2D eigenvalue weighted by atomic mass is 16.2. The summed E-state index contributed by atoms with van der Waals surface area (Å²) in [4.78, 5) is 21.9. The number of carbonyl (C=O) groups is 2. The second kappa shape index (κ2) is 6.47. The third-order valence-corrected chi connectivity index (χ3v) is 2.42. The van der Waals surface area contributed by atoms with E-state index in [0.29, 0.717) is 17.3 Å². The minimum atomic E-state index is -0.201. The first kappa shape index (κ1) is 14.4. The van der Waals surface area contributed by atoms with Gasteiger partial charge in [-0.15, -0.1) is 10.2 Å². The summed E-state index contributed by atoms with van der Waals surface area (Å²) in [5.41, 5.74) is 1.46. The van der Waals surface area contributed by atoms with Crippen molar-refractivity contribution in [1.29, 1.82) is 0 Å². The van der Waals surface area contributed by atoms with Crippen molar-refractivity contribution in [1.82, 2.24) is 10.2 Å². The first-order valence-corrected chi connectivity index (χ1v) is 6.29. The maximum absolute atomic E-state index is 11.0. The van der Waals surface area contributed by atoms with Crippen LogP contribution in [-0.4, -0.2) is 22.0 Å². The molecule has 0 aliphatic heterocycles. The zero-order valence-corrected chi connectivity index (χ0v) is 11.7. The predicted octanol–water partition coefficient (Wildman–Crippen LogP) is 2.14. The summed E-state index contributed by atoms with van der Waals surface area (Å²) < 4.78 is 0. The maximum atomic E-state index is 11.0. The largest absolute Gasteiger partial charge is 0.339 e. The van der Waals surface area contributed by atoms with Crippen LogP contribution in [0, 0.1) is 0 Å². The van der Waals surface area contributed by atoms with Crippen LogP contribution in [0.3, 0.4) is 0 Å². The minimum absolute atomic E-state index is 0.133. The van der Waals surface area contributed by atoms with Crippen molar-refractivity contribution in [2.75, 3.05) is 16.0 Å². The summed E-state index contributed by atoms with van der Waals surface area (Å²) in [6.45, 7) is 2.85. The van der Waals surface area contributed by atoms with Gasteiger partial charge in [-0.3, -0.25) is 9.59 Å². The molecule has 0 saturated carbocycles. The molecule has 1 aromatic heterocycles. The summed E-state index contributed by atoms with van der Waals surface area (Å²) >= 11 is 0. The van der Waals surface area contributed by atoms with Crippen LogP contribution in [0.5, 0.6) is 0 Å². The molecule has 2 aromatic rings. The lowest BCUT2D eigenvalue weighted by Gasteiger charge is -2.08. The van der Waals surface area contributed by atoms with E-state index in [9.17, 15) is 9.59 Å². The fourth-order valence-electron chi connectivity index (χ4n) is 1.67. The molecule has 0 unspecified atom stereocenters. The molecule has 7 heteroatoms. The Balaban J connectivity index is 2.07. The van der Waals surface area contributed by atoms with Gasteiger partial charge in [0.15, 0.2) is 11.6 Å². The van der Waals surface area contributed by atoms with Crippen molar-refractivity contribution in [3.63, 3.8) is 0 Å². The molecule has 2 rings (SSSR count). The average Bonchev–Trinajstić information content (AvgIpc) is 2.40. The summed E-state index contributed by atoms with van der Waals surface area (Å²) in [7, 11) is 0.